The molecule has 1 heterocycles. The summed E-state index contributed by atoms with van der Waals surface area (Å²) in [6.07, 6.45) is 7.39. The van der Waals surface area contributed by atoms with Crippen molar-refractivity contribution in [3.05, 3.63) is 16.1 Å². The van der Waals surface area contributed by atoms with Crippen LogP contribution in [0.5, 0.6) is 0 Å². The van der Waals surface area contributed by atoms with Crippen LogP contribution in [0.1, 0.15) is 62.3 Å². The first-order valence-corrected chi connectivity index (χ1v) is 7.58. The fourth-order valence-electron chi connectivity index (χ4n) is 2.49. The molecule has 0 spiro atoms. The summed E-state index contributed by atoms with van der Waals surface area (Å²) in [5.74, 6) is 0.725. The van der Waals surface area contributed by atoms with E-state index in [9.17, 15) is 0 Å². The van der Waals surface area contributed by atoms with Crippen LogP contribution in [0.3, 0.4) is 0 Å². The normalized spacial score (nSPS) is 20.6. The second kappa shape index (κ2) is 5.49. The fraction of sp³-hybridized carbons (Fsp3) is 0.786. The van der Waals surface area contributed by atoms with Gasteiger partial charge in [0.15, 0.2) is 0 Å². The number of nitrogens with zero attached hydrogens (tertiary/aromatic N) is 1. The van der Waals surface area contributed by atoms with Crippen LogP contribution in [-0.2, 0) is 6.54 Å². The van der Waals surface area contributed by atoms with Gasteiger partial charge in [-0.15, -0.1) is 11.3 Å². The highest BCUT2D eigenvalue weighted by molar-refractivity contribution is 7.11. The van der Waals surface area contributed by atoms with Crippen molar-refractivity contribution in [1.82, 2.24) is 10.3 Å². The molecule has 96 valence electrons. The van der Waals surface area contributed by atoms with Crippen LogP contribution in [0.25, 0.3) is 0 Å². The van der Waals surface area contributed by atoms with Crippen molar-refractivity contribution < 1.29 is 0 Å². The zero-order valence-electron chi connectivity index (χ0n) is 11.3. The Morgan fingerprint density at radius 2 is 2.12 bits per heavy atom. The second-order valence-electron chi connectivity index (χ2n) is 5.88. The molecule has 0 bridgehead atoms. The summed E-state index contributed by atoms with van der Waals surface area (Å²) in [7, 11) is 0. The number of rotatable bonds is 4. The Hall–Kier alpha value is -0.410. The standard InChI is InChI=1S/C14H24N2S/c1-4-15-9-12-10-16-13(17-12)11-5-7-14(2,3)8-6-11/h10-11,15H,4-9H2,1-3H3. The van der Waals surface area contributed by atoms with Gasteiger partial charge >= 0.3 is 0 Å². The summed E-state index contributed by atoms with van der Waals surface area (Å²) in [6.45, 7) is 8.94. The number of aromatic nitrogens is 1. The largest absolute Gasteiger partial charge is 0.312 e. The Bertz CT molecular complexity index is 347. The molecule has 1 aromatic heterocycles. The van der Waals surface area contributed by atoms with Crippen molar-refractivity contribution in [2.45, 2.75) is 58.9 Å². The summed E-state index contributed by atoms with van der Waals surface area (Å²) in [4.78, 5) is 6.00. The van der Waals surface area contributed by atoms with Gasteiger partial charge in [-0.2, -0.15) is 0 Å². The molecule has 1 fully saturated rings. The SMILES string of the molecule is CCNCc1cnc(C2CCC(C)(C)CC2)s1. The van der Waals surface area contributed by atoms with E-state index in [2.05, 4.69) is 37.3 Å². The number of hydrogen-bond acceptors (Lipinski definition) is 3. The van der Waals surface area contributed by atoms with Gasteiger partial charge in [0.05, 0.1) is 5.01 Å². The van der Waals surface area contributed by atoms with E-state index in [4.69, 9.17) is 0 Å². The molecule has 2 nitrogen and oxygen atoms in total. The molecule has 1 N–H and O–H groups in total. The summed E-state index contributed by atoms with van der Waals surface area (Å²) in [5.41, 5.74) is 0.556. The molecule has 0 unspecified atom stereocenters. The topological polar surface area (TPSA) is 24.9 Å². The number of hydrogen-bond donors (Lipinski definition) is 1. The number of nitrogens with one attached hydrogen (secondary N) is 1. The molecule has 1 aromatic rings. The molecule has 1 saturated carbocycles. The molecule has 1 aliphatic carbocycles. The van der Waals surface area contributed by atoms with Gasteiger partial charge in [0.1, 0.15) is 0 Å². The summed E-state index contributed by atoms with van der Waals surface area (Å²) < 4.78 is 0. The zero-order chi connectivity index (χ0) is 12.3. The van der Waals surface area contributed by atoms with Crippen molar-refractivity contribution in [2.24, 2.45) is 5.41 Å². The molecule has 2 rings (SSSR count). The van der Waals surface area contributed by atoms with Crippen molar-refractivity contribution in [3.8, 4) is 0 Å². The lowest BCUT2D eigenvalue weighted by Gasteiger charge is -2.33. The van der Waals surface area contributed by atoms with Crippen molar-refractivity contribution in [3.63, 3.8) is 0 Å². The molecule has 1 aliphatic rings. The van der Waals surface area contributed by atoms with Gasteiger partial charge in [0.25, 0.3) is 0 Å². The van der Waals surface area contributed by atoms with Crippen molar-refractivity contribution in [2.75, 3.05) is 6.54 Å². The van der Waals surface area contributed by atoms with Gasteiger partial charge in [-0.1, -0.05) is 20.8 Å². The minimum atomic E-state index is 0.556. The molecular formula is C14H24N2S. The first-order valence-electron chi connectivity index (χ1n) is 6.76. The van der Waals surface area contributed by atoms with Crippen molar-refractivity contribution >= 4 is 11.3 Å². The summed E-state index contributed by atoms with van der Waals surface area (Å²) in [6, 6.07) is 0. The predicted molar refractivity (Wildman–Crippen MR) is 74.5 cm³/mol. The third kappa shape index (κ3) is 3.52. The maximum atomic E-state index is 4.62. The quantitative estimate of drug-likeness (QED) is 0.878. The van der Waals surface area contributed by atoms with E-state index in [-0.39, 0.29) is 0 Å². The highest BCUT2D eigenvalue weighted by atomic mass is 32.1. The van der Waals surface area contributed by atoms with Gasteiger partial charge < -0.3 is 5.32 Å². The van der Waals surface area contributed by atoms with E-state index in [1.807, 2.05) is 11.3 Å². The predicted octanol–water partition coefficient (Wildman–Crippen LogP) is 3.94. The van der Waals surface area contributed by atoms with Gasteiger partial charge in [-0.25, -0.2) is 4.98 Å². The van der Waals surface area contributed by atoms with E-state index in [1.54, 1.807) is 0 Å². The smallest absolute Gasteiger partial charge is 0.0959 e. The van der Waals surface area contributed by atoms with Gasteiger partial charge in [0.2, 0.25) is 0 Å². The highest BCUT2D eigenvalue weighted by Crippen LogP contribution is 2.43. The van der Waals surface area contributed by atoms with Crippen LogP contribution in [0, 0.1) is 5.41 Å². The lowest BCUT2D eigenvalue weighted by atomic mass is 9.73. The number of thiazole rings is 1. The lowest BCUT2D eigenvalue weighted by molar-refractivity contribution is 0.224. The third-order valence-electron chi connectivity index (χ3n) is 3.81. The molecule has 0 saturated heterocycles. The van der Waals surface area contributed by atoms with Gasteiger partial charge in [0, 0.05) is 23.5 Å². The third-order valence-corrected chi connectivity index (χ3v) is 4.97. The maximum Gasteiger partial charge on any atom is 0.0959 e. The molecule has 0 aromatic carbocycles. The lowest BCUT2D eigenvalue weighted by Crippen LogP contribution is -2.20. The summed E-state index contributed by atoms with van der Waals surface area (Å²) in [5, 5.41) is 4.73. The van der Waals surface area contributed by atoms with E-state index >= 15 is 0 Å². The van der Waals surface area contributed by atoms with Gasteiger partial charge in [-0.05, 0) is 37.6 Å². The summed E-state index contributed by atoms with van der Waals surface area (Å²) >= 11 is 1.91. The first-order chi connectivity index (χ1) is 8.11. The monoisotopic (exact) mass is 252 g/mol. The fourth-order valence-corrected chi connectivity index (χ4v) is 3.54. The average molecular weight is 252 g/mol. The first kappa shape index (κ1) is 13.0. The molecule has 3 heteroatoms. The van der Waals surface area contributed by atoms with Crippen LogP contribution >= 0.6 is 11.3 Å². The minimum absolute atomic E-state index is 0.556. The van der Waals surface area contributed by atoms with Crippen LogP contribution < -0.4 is 5.32 Å². The van der Waals surface area contributed by atoms with Gasteiger partial charge in [-0.3, -0.25) is 0 Å². The molecule has 0 amide bonds. The van der Waals surface area contributed by atoms with E-state index < -0.39 is 0 Å². The van der Waals surface area contributed by atoms with Crippen LogP contribution in [0.15, 0.2) is 6.20 Å². The van der Waals surface area contributed by atoms with Crippen LogP contribution in [-0.4, -0.2) is 11.5 Å². The Balaban J connectivity index is 1.92. The van der Waals surface area contributed by atoms with Crippen LogP contribution in [0.4, 0.5) is 0 Å². The molecule has 0 aliphatic heterocycles. The molecule has 0 radical (unpaired) electrons. The van der Waals surface area contributed by atoms with Crippen molar-refractivity contribution in [1.29, 1.82) is 0 Å². The zero-order valence-corrected chi connectivity index (χ0v) is 12.1. The Morgan fingerprint density at radius 1 is 1.41 bits per heavy atom. The Labute approximate surface area is 109 Å². The maximum absolute atomic E-state index is 4.62. The molecular weight excluding hydrogens is 228 g/mol. The molecule has 17 heavy (non-hydrogen) atoms. The average Bonchev–Trinajstić information content (AvgIpc) is 2.75. The Kier molecular flexibility index (Phi) is 4.21. The van der Waals surface area contributed by atoms with E-state index in [0.29, 0.717) is 5.41 Å². The van der Waals surface area contributed by atoms with E-state index in [1.165, 1.54) is 35.6 Å². The second-order valence-corrected chi connectivity index (χ2v) is 7.03. The van der Waals surface area contributed by atoms with E-state index in [0.717, 1.165) is 19.0 Å². The Morgan fingerprint density at radius 3 is 2.76 bits per heavy atom. The van der Waals surface area contributed by atoms with Crippen LogP contribution in [0.2, 0.25) is 0 Å². The highest BCUT2D eigenvalue weighted by Gasteiger charge is 2.28. The molecule has 0 atom stereocenters. The minimum Gasteiger partial charge on any atom is -0.312 e.